The van der Waals surface area contributed by atoms with Gasteiger partial charge >= 0.3 is 5.97 Å². The minimum atomic E-state index is -1.44. The summed E-state index contributed by atoms with van der Waals surface area (Å²) in [7, 11) is 0. The van der Waals surface area contributed by atoms with Crippen LogP contribution >= 0.6 is 0 Å². The van der Waals surface area contributed by atoms with Crippen molar-refractivity contribution in [2.45, 2.75) is 32.0 Å². The molecule has 1 atom stereocenters. The Kier molecular flexibility index (Phi) is 3.93. The Labute approximate surface area is 159 Å². The minimum absolute atomic E-state index is 0.654. The van der Waals surface area contributed by atoms with E-state index in [0.717, 1.165) is 27.8 Å². The molecule has 3 aromatic rings. The van der Waals surface area contributed by atoms with E-state index in [1.807, 2.05) is 93.6 Å². The molecule has 3 aromatic carbocycles. The van der Waals surface area contributed by atoms with Crippen molar-refractivity contribution in [2.24, 2.45) is 0 Å². The number of carboxylic acids is 1. The predicted octanol–water partition coefficient (Wildman–Crippen LogP) is 4.87. The highest BCUT2D eigenvalue weighted by molar-refractivity contribution is 5.87. The molecule has 0 saturated carbocycles. The third-order valence-electron chi connectivity index (χ3n) is 5.44. The minimum Gasteiger partial charge on any atom is -0.479 e. The summed E-state index contributed by atoms with van der Waals surface area (Å²) in [6.45, 7) is 6.01. The topological polar surface area (TPSA) is 49.8 Å². The number of aliphatic carboxylic acids is 1. The molecule has 1 aliphatic rings. The largest absolute Gasteiger partial charge is 0.479 e. The fraction of sp³-hybridized carbons (Fsp3) is 0.208. The van der Waals surface area contributed by atoms with Gasteiger partial charge in [0.2, 0.25) is 5.60 Å². The van der Waals surface area contributed by atoms with Crippen molar-refractivity contribution in [2.75, 3.05) is 0 Å². The van der Waals surface area contributed by atoms with Gasteiger partial charge in [0.15, 0.2) is 5.60 Å². The smallest absolute Gasteiger partial charge is 0.344 e. The van der Waals surface area contributed by atoms with E-state index >= 15 is 0 Å². The second-order valence-electron chi connectivity index (χ2n) is 7.37. The molecule has 1 N–H and O–H groups in total. The molecule has 1 saturated heterocycles. The third kappa shape index (κ3) is 2.50. The second kappa shape index (κ2) is 6.07. The molecule has 0 bridgehead atoms. The van der Waals surface area contributed by atoms with Gasteiger partial charge in [-0.2, -0.15) is 0 Å². The Morgan fingerprint density at radius 1 is 0.667 bits per heavy atom. The lowest BCUT2D eigenvalue weighted by Gasteiger charge is -2.19. The van der Waals surface area contributed by atoms with E-state index in [1.165, 1.54) is 0 Å². The Bertz CT molecular complexity index is 940. The van der Waals surface area contributed by atoms with Gasteiger partial charge in [0.25, 0.3) is 0 Å². The number of epoxide rings is 1. The lowest BCUT2D eigenvalue weighted by Crippen LogP contribution is -2.31. The fourth-order valence-electron chi connectivity index (χ4n) is 3.84. The van der Waals surface area contributed by atoms with E-state index < -0.39 is 17.2 Å². The Hall–Kier alpha value is -2.91. The van der Waals surface area contributed by atoms with Gasteiger partial charge in [0, 0.05) is 0 Å². The van der Waals surface area contributed by atoms with Gasteiger partial charge in [-0.05, 0) is 37.5 Å². The molecular formula is C24H22O3. The van der Waals surface area contributed by atoms with Crippen LogP contribution in [0.25, 0.3) is 0 Å². The Balaban J connectivity index is 1.96. The maximum atomic E-state index is 12.5. The average molecular weight is 358 g/mol. The van der Waals surface area contributed by atoms with Gasteiger partial charge in [0.1, 0.15) is 0 Å². The van der Waals surface area contributed by atoms with E-state index in [9.17, 15) is 9.90 Å². The van der Waals surface area contributed by atoms with Gasteiger partial charge in [-0.15, -0.1) is 0 Å². The van der Waals surface area contributed by atoms with E-state index in [-0.39, 0.29) is 0 Å². The number of rotatable bonds is 4. The summed E-state index contributed by atoms with van der Waals surface area (Å²) < 4.78 is 6.23. The highest BCUT2D eigenvalue weighted by Crippen LogP contribution is 2.65. The van der Waals surface area contributed by atoms with Crippen LogP contribution in [0.5, 0.6) is 0 Å². The van der Waals surface area contributed by atoms with Crippen molar-refractivity contribution in [3.05, 3.63) is 106 Å². The first-order chi connectivity index (χ1) is 12.9. The van der Waals surface area contributed by atoms with Crippen molar-refractivity contribution < 1.29 is 14.6 Å². The molecule has 0 amide bonds. The highest BCUT2D eigenvalue weighted by Gasteiger charge is 2.77. The first-order valence-electron chi connectivity index (χ1n) is 9.05. The summed E-state index contributed by atoms with van der Waals surface area (Å²) in [5.41, 5.74) is 3.18. The summed E-state index contributed by atoms with van der Waals surface area (Å²) in [5.74, 6) is -0.979. The summed E-state index contributed by atoms with van der Waals surface area (Å²) in [4.78, 5) is 12.5. The van der Waals surface area contributed by atoms with E-state index in [1.54, 1.807) is 0 Å². The van der Waals surface area contributed by atoms with Crippen LogP contribution in [0.2, 0.25) is 0 Å². The van der Waals surface area contributed by atoms with Crippen molar-refractivity contribution in [3.8, 4) is 0 Å². The van der Waals surface area contributed by atoms with E-state index in [4.69, 9.17) is 4.74 Å². The molecule has 3 nitrogen and oxygen atoms in total. The quantitative estimate of drug-likeness (QED) is 0.677. The first-order valence-corrected chi connectivity index (χ1v) is 9.05. The normalized spacial score (nSPS) is 20.3. The second-order valence-corrected chi connectivity index (χ2v) is 7.37. The van der Waals surface area contributed by atoms with E-state index in [2.05, 4.69) is 0 Å². The average Bonchev–Trinajstić information content (AvgIpc) is 3.36. The van der Waals surface area contributed by atoms with Gasteiger partial charge in [-0.3, -0.25) is 0 Å². The number of hydrogen-bond donors (Lipinski definition) is 1. The zero-order valence-electron chi connectivity index (χ0n) is 15.7. The molecule has 0 aromatic heterocycles. The monoisotopic (exact) mass is 358 g/mol. The lowest BCUT2D eigenvalue weighted by molar-refractivity contribution is -0.143. The molecule has 1 aliphatic heterocycles. The number of aryl methyl sites for hydroxylation is 3. The molecule has 136 valence electrons. The zero-order valence-corrected chi connectivity index (χ0v) is 15.7. The van der Waals surface area contributed by atoms with Crippen LogP contribution in [0.15, 0.2) is 72.8 Å². The molecule has 0 spiro atoms. The third-order valence-corrected chi connectivity index (χ3v) is 5.44. The van der Waals surface area contributed by atoms with Crippen molar-refractivity contribution in [1.82, 2.24) is 0 Å². The Morgan fingerprint density at radius 2 is 1.00 bits per heavy atom. The van der Waals surface area contributed by atoms with Gasteiger partial charge < -0.3 is 9.84 Å². The van der Waals surface area contributed by atoms with Gasteiger partial charge in [-0.25, -0.2) is 4.79 Å². The van der Waals surface area contributed by atoms with Crippen LogP contribution in [0.1, 0.15) is 33.4 Å². The SMILES string of the molecule is Cc1ccc(C2(C(=O)O)OC2(c2ccc(C)cc2)c2ccc(C)cc2)cc1. The molecule has 3 heteroatoms. The molecule has 0 aliphatic carbocycles. The highest BCUT2D eigenvalue weighted by atomic mass is 16.7. The van der Waals surface area contributed by atoms with Crippen LogP contribution in [0, 0.1) is 20.8 Å². The fourth-order valence-corrected chi connectivity index (χ4v) is 3.84. The lowest BCUT2D eigenvalue weighted by atomic mass is 9.77. The molecule has 4 rings (SSSR count). The Morgan fingerprint density at radius 3 is 1.33 bits per heavy atom. The van der Waals surface area contributed by atoms with Crippen LogP contribution < -0.4 is 0 Å². The van der Waals surface area contributed by atoms with Crippen LogP contribution in [-0.4, -0.2) is 11.1 Å². The molecule has 27 heavy (non-hydrogen) atoms. The van der Waals surface area contributed by atoms with Crippen molar-refractivity contribution in [3.63, 3.8) is 0 Å². The number of carboxylic acid groups (broad SMARTS) is 1. The molecular weight excluding hydrogens is 336 g/mol. The maximum absolute atomic E-state index is 12.5. The predicted molar refractivity (Wildman–Crippen MR) is 105 cm³/mol. The van der Waals surface area contributed by atoms with Crippen molar-refractivity contribution >= 4 is 5.97 Å². The molecule has 1 unspecified atom stereocenters. The number of benzene rings is 3. The molecule has 1 heterocycles. The summed E-state index contributed by atoms with van der Waals surface area (Å²) in [6, 6.07) is 23.4. The first kappa shape index (κ1) is 17.5. The molecule has 1 fully saturated rings. The summed E-state index contributed by atoms with van der Waals surface area (Å²) in [5, 5.41) is 10.3. The van der Waals surface area contributed by atoms with Gasteiger partial charge in [0.05, 0.1) is 0 Å². The van der Waals surface area contributed by atoms with Crippen LogP contribution in [0.3, 0.4) is 0 Å². The zero-order chi connectivity index (χ0) is 19.2. The van der Waals surface area contributed by atoms with E-state index in [0.29, 0.717) is 5.56 Å². The van der Waals surface area contributed by atoms with Crippen LogP contribution in [0.4, 0.5) is 0 Å². The number of carbonyl (C=O) groups is 1. The van der Waals surface area contributed by atoms with Gasteiger partial charge in [-0.1, -0.05) is 89.5 Å². The van der Waals surface area contributed by atoms with Crippen LogP contribution in [-0.2, 0) is 20.7 Å². The standard InChI is InChI=1S/C24H22O3/c1-16-4-10-19(11-5-16)23(20-12-6-17(2)7-13-20)24(27-23,22(25)26)21-14-8-18(3)9-15-21/h4-15H,1-3H3,(H,25,26). The number of ether oxygens (including phenoxy) is 1. The summed E-state index contributed by atoms with van der Waals surface area (Å²) >= 11 is 0. The number of hydrogen-bond acceptors (Lipinski definition) is 2. The molecule has 0 radical (unpaired) electrons. The maximum Gasteiger partial charge on any atom is 0.344 e. The van der Waals surface area contributed by atoms with Crippen molar-refractivity contribution in [1.29, 1.82) is 0 Å². The summed E-state index contributed by atoms with van der Waals surface area (Å²) in [6.07, 6.45) is 0.